The van der Waals surface area contributed by atoms with E-state index in [1.165, 1.54) is 24.3 Å². The van der Waals surface area contributed by atoms with Crippen molar-refractivity contribution in [2.24, 2.45) is 0 Å². The van der Waals surface area contributed by atoms with Crippen LogP contribution in [0.5, 0.6) is 0 Å². The van der Waals surface area contributed by atoms with E-state index in [9.17, 15) is 0 Å². The zero-order valence-corrected chi connectivity index (χ0v) is 8.45. The summed E-state index contributed by atoms with van der Waals surface area (Å²) < 4.78 is 5.99. The first-order valence-electron chi connectivity index (χ1n) is 4.81. The highest BCUT2D eigenvalue weighted by atomic mass is 32.2. The fourth-order valence-electron chi connectivity index (χ4n) is 1.98. The Morgan fingerprint density at radius 1 is 1.42 bits per heavy atom. The maximum absolute atomic E-state index is 5.99. The summed E-state index contributed by atoms with van der Waals surface area (Å²) in [6.45, 7) is 3.32. The van der Waals surface area contributed by atoms with Crippen LogP contribution >= 0.6 is 11.8 Å². The number of thioether (sulfide) groups is 1. The van der Waals surface area contributed by atoms with Gasteiger partial charge in [0.2, 0.25) is 0 Å². The topological polar surface area (TPSA) is 21.3 Å². The van der Waals surface area contributed by atoms with E-state index in [0.29, 0.717) is 6.10 Å². The summed E-state index contributed by atoms with van der Waals surface area (Å²) in [4.78, 5) is 0. The minimum absolute atomic E-state index is 0.0584. The third-order valence-electron chi connectivity index (χ3n) is 2.73. The minimum Gasteiger partial charge on any atom is -0.358 e. The number of hydrogen-bond donors (Lipinski definition) is 1. The summed E-state index contributed by atoms with van der Waals surface area (Å²) in [5.41, 5.74) is 0.0584. The number of hydrogen-bond acceptors (Lipinski definition) is 3. The molecule has 1 spiro atoms. The van der Waals surface area contributed by atoms with Gasteiger partial charge in [-0.2, -0.15) is 11.8 Å². The van der Waals surface area contributed by atoms with Gasteiger partial charge < -0.3 is 4.74 Å². The van der Waals surface area contributed by atoms with Gasteiger partial charge in [0.15, 0.2) is 0 Å². The van der Waals surface area contributed by atoms with Gasteiger partial charge in [-0.15, -0.1) is 0 Å². The molecule has 2 fully saturated rings. The van der Waals surface area contributed by atoms with Crippen molar-refractivity contribution in [3.63, 3.8) is 0 Å². The Balaban J connectivity index is 1.97. The maximum atomic E-state index is 5.99. The zero-order chi connectivity index (χ0) is 8.44. The molecule has 0 radical (unpaired) electrons. The molecule has 1 unspecified atom stereocenters. The molecule has 0 aromatic rings. The van der Waals surface area contributed by atoms with Crippen molar-refractivity contribution in [1.82, 2.24) is 5.32 Å². The summed E-state index contributed by atoms with van der Waals surface area (Å²) in [6.07, 6.45) is 3.98. The lowest BCUT2D eigenvalue weighted by Crippen LogP contribution is -2.56. The van der Waals surface area contributed by atoms with Crippen LogP contribution in [0.1, 0.15) is 26.2 Å². The molecule has 1 N–H and O–H groups in total. The smallest absolute Gasteiger partial charge is 0.121 e. The highest BCUT2D eigenvalue weighted by Gasteiger charge is 2.36. The third-order valence-corrected chi connectivity index (χ3v) is 3.71. The molecule has 0 aliphatic carbocycles. The van der Waals surface area contributed by atoms with Crippen molar-refractivity contribution in [2.45, 2.75) is 38.0 Å². The Morgan fingerprint density at radius 2 is 2.17 bits per heavy atom. The van der Waals surface area contributed by atoms with E-state index in [0.717, 1.165) is 13.0 Å². The van der Waals surface area contributed by atoms with Crippen LogP contribution in [0.4, 0.5) is 0 Å². The first kappa shape index (κ1) is 8.85. The monoisotopic (exact) mass is 187 g/mol. The molecule has 2 heterocycles. The van der Waals surface area contributed by atoms with Gasteiger partial charge >= 0.3 is 0 Å². The van der Waals surface area contributed by atoms with Crippen LogP contribution in [-0.2, 0) is 4.74 Å². The van der Waals surface area contributed by atoms with Gasteiger partial charge in [-0.1, -0.05) is 0 Å². The summed E-state index contributed by atoms with van der Waals surface area (Å²) in [5, 5.41) is 3.53. The first-order chi connectivity index (χ1) is 5.81. The maximum Gasteiger partial charge on any atom is 0.121 e. The molecule has 0 aromatic carbocycles. The van der Waals surface area contributed by atoms with Gasteiger partial charge in [-0.25, -0.2) is 0 Å². The van der Waals surface area contributed by atoms with E-state index in [1.807, 2.05) is 11.8 Å². The molecule has 12 heavy (non-hydrogen) atoms. The average molecular weight is 187 g/mol. The van der Waals surface area contributed by atoms with Crippen molar-refractivity contribution in [2.75, 3.05) is 18.1 Å². The third kappa shape index (κ3) is 1.78. The number of ether oxygens (including phenoxy) is 1. The van der Waals surface area contributed by atoms with E-state index >= 15 is 0 Å². The van der Waals surface area contributed by atoms with Crippen molar-refractivity contribution in [3.05, 3.63) is 0 Å². The van der Waals surface area contributed by atoms with Gasteiger partial charge in [0.25, 0.3) is 0 Å². The molecule has 1 atom stereocenters. The molecule has 2 aliphatic heterocycles. The van der Waals surface area contributed by atoms with Gasteiger partial charge in [0.05, 0.1) is 6.10 Å². The SMILES string of the molecule is CC1CCNC2(CCSCC2)O1. The van der Waals surface area contributed by atoms with Crippen LogP contribution in [0.25, 0.3) is 0 Å². The van der Waals surface area contributed by atoms with Gasteiger partial charge in [0, 0.05) is 6.54 Å². The van der Waals surface area contributed by atoms with E-state index < -0.39 is 0 Å². The average Bonchev–Trinajstić information content (AvgIpc) is 2.05. The quantitative estimate of drug-likeness (QED) is 0.622. The Kier molecular flexibility index (Phi) is 2.63. The Morgan fingerprint density at radius 3 is 2.83 bits per heavy atom. The molecule has 2 saturated heterocycles. The summed E-state index contributed by atoms with van der Waals surface area (Å²) in [7, 11) is 0. The predicted molar refractivity (Wildman–Crippen MR) is 52.5 cm³/mol. The Bertz CT molecular complexity index is 151. The molecule has 2 rings (SSSR count). The van der Waals surface area contributed by atoms with Crippen molar-refractivity contribution < 1.29 is 4.74 Å². The second kappa shape index (κ2) is 3.56. The molecule has 0 saturated carbocycles. The number of nitrogens with one attached hydrogen (secondary N) is 1. The molecule has 2 aliphatic rings. The van der Waals surface area contributed by atoms with Crippen LogP contribution < -0.4 is 5.32 Å². The van der Waals surface area contributed by atoms with Crippen LogP contribution in [0.15, 0.2) is 0 Å². The van der Waals surface area contributed by atoms with Gasteiger partial charge in [-0.05, 0) is 37.7 Å². The lowest BCUT2D eigenvalue weighted by Gasteiger charge is -2.43. The highest BCUT2D eigenvalue weighted by molar-refractivity contribution is 7.99. The van der Waals surface area contributed by atoms with E-state index in [-0.39, 0.29) is 5.72 Å². The molecule has 0 aromatic heterocycles. The molecule has 0 amide bonds. The minimum atomic E-state index is 0.0584. The summed E-state index contributed by atoms with van der Waals surface area (Å²) in [6, 6.07) is 0. The Labute approximate surface area is 78.4 Å². The molecule has 2 nitrogen and oxygen atoms in total. The lowest BCUT2D eigenvalue weighted by atomic mass is 10.0. The van der Waals surface area contributed by atoms with Crippen LogP contribution in [-0.4, -0.2) is 29.9 Å². The van der Waals surface area contributed by atoms with Crippen molar-refractivity contribution >= 4 is 11.8 Å². The molecular formula is C9H17NOS. The standard InChI is InChI=1S/C9H17NOS/c1-8-2-5-10-9(11-8)3-6-12-7-4-9/h8,10H,2-7H2,1H3. The zero-order valence-electron chi connectivity index (χ0n) is 7.64. The van der Waals surface area contributed by atoms with Crippen molar-refractivity contribution in [3.8, 4) is 0 Å². The molecule has 70 valence electrons. The van der Waals surface area contributed by atoms with E-state index in [2.05, 4.69) is 12.2 Å². The predicted octanol–water partition coefficient (Wildman–Crippen LogP) is 1.61. The Hall–Kier alpha value is 0.270. The fraction of sp³-hybridized carbons (Fsp3) is 1.00. The van der Waals surface area contributed by atoms with E-state index in [4.69, 9.17) is 4.74 Å². The summed E-state index contributed by atoms with van der Waals surface area (Å²) >= 11 is 2.04. The second-order valence-corrected chi connectivity index (χ2v) is 4.98. The molecular weight excluding hydrogens is 170 g/mol. The lowest BCUT2D eigenvalue weighted by molar-refractivity contribution is -0.139. The fourth-order valence-corrected chi connectivity index (χ4v) is 3.14. The summed E-state index contributed by atoms with van der Waals surface area (Å²) in [5.74, 6) is 2.50. The van der Waals surface area contributed by atoms with E-state index in [1.54, 1.807) is 0 Å². The first-order valence-corrected chi connectivity index (χ1v) is 5.97. The van der Waals surface area contributed by atoms with Crippen molar-refractivity contribution in [1.29, 1.82) is 0 Å². The largest absolute Gasteiger partial charge is 0.358 e. The second-order valence-electron chi connectivity index (χ2n) is 3.75. The van der Waals surface area contributed by atoms with Crippen LogP contribution in [0, 0.1) is 0 Å². The highest BCUT2D eigenvalue weighted by Crippen LogP contribution is 2.31. The normalized spacial score (nSPS) is 35.2. The molecule has 3 heteroatoms. The van der Waals surface area contributed by atoms with Gasteiger partial charge in [-0.3, -0.25) is 5.32 Å². The van der Waals surface area contributed by atoms with Crippen LogP contribution in [0.2, 0.25) is 0 Å². The van der Waals surface area contributed by atoms with Crippen LogP contribution in [0.3, 0.4) is 0 Å². The van der Waals surface area contributed by atoms with Gasteiger partial charge in [0.1, 0.15) is 5.72 Å². The molecule has 0 bridgehead atoms. The number of rotatable bonds is 0.